The Labute approximate surface area is 224 Å². The van der Waals surface area contributed by atoms with Crippen molar-refractivity contribution in [2.24, 2.45) is 4.99 Å². The summed E-state index contributed by atoms with van der Waals surface area (Å²) in [6, 6.07) is 23.3. The van der Waals surface area contributed by atoms with Crippen molar-refractivity contribution in [1.82, 2.24) is 4.90 Å². The van der Waals surface area contributed by atoms with Gasteiger partial charge in [-0.15, -0.1) is 0 Å². The lowest BCUT2D eigenvalue weighted by molar-refractivity contribution is -0.122. The van der Waals surface area contributed by atoms with Crippen LogP contribution in [0, 0.1) is 11.3 Å². The quantitative estimate of drug-likeness (QED) is 0.384. The number of aliphatic imine (C=N–C) groups is 1. The predicted octanol–water partition coefficient (Wildman–Crippen LogP) is 6.17. The van der Waals surface area contributed by atoms with E-state index in [1.807, 2.05) is 56.4 Å². The van der Waals surface area contributed by atoms with Crippen molar-refractivity contribution in [3.63, 3.8) is 0 Å². The molecule has 2 aliphatic heterocycles. The number of carbonyl (C=O) groups excluding carboxylic acids is 1. The summed E-state index contributed by atoms with van der Waals surface area (Å²) >= 11 is 2.96. The highest BCUT2D eigenvalue weighted by Gasteiger charge is 2.39. The average molecular weight is 528 g/mol. The van der Waals surface area contributed by atoms with Crippen molar-refractivity contribution in [2.45, 2.75) is 18.4 Å². The third-order valence-corrected chi connectivity index (χ3v) is 8.44. The van der Waals surface area contributed by atoms with E-state index in [-0.39, 0.29) is 5.91 Å². The van der Waals surface area contributed by atoms with Crippen molar-refractivity contribution >= 4 is 51.7 Å². The molecule has 7 nitrogen and oxygen atoms in total. The highest BCUT2D eigenvalue weighted by Crippen LogP contribution is 2.50. The van der Waals surface area contributed by atoms with Gasteiger partial charge in [0.15, 0.2) is 5.17 Å². The zero-order valence-corrected chi connectivity index (χ0v) is 22.3. The summed E-state index contributed by atoms with van der Waals surface area (Å²) in [6.07, 6.45) is 0. The zero-order chi connectivity index (χ0) is 25.9. The van der Waals surface area contributed by atoms with Gasteiger partial charge in [0.1, 0.15) is 10.7 Å². The Kier molecular flexibility index (Phi) is 7.12. The first-order chi connectivity index (χ1) is 18.0. The monoisotopic (exact) mass is 527 g/mol. The van der Waals surface area contributed by atoms with Crippen LogP contribution in [0.4, 0.5) is 17.1 Å². The lowest BCUT2D eigenvalue weighted by Crippen LogP contribution is -2.29. The number of hydrogen-bond donors (Lipinski definition) is 1. The van der Waals surface area contributed by atoms with Crippen LogP contribution in [0.1, 0.15) is 18.1 Å². The van der Waals surface area contributed by atoms with Crippen molar-refractivity contribution in [3.05, 3.63) is 87.8 Å². The van der Waals surface area contributed by atoms with Gasteiger partial charge in [0.25, 0.3) is 5.91 Å². The molecule has 3 aromatic rings. The molecule has 0 aromatic heterocycles. The Bertz CT molecular complexity index is 1460. The summed E-state index contributed by atoms with van der Waals surface area (Å²) in [6.45, 7) is 3.08. The number of benzene rings is 3. The van der Waals surface area contributed by atoms with Gasteiger partial charge in [0.05, 0.1) is 47.4 Å². The number of nitrogens with zero attached hydrogens (tertiary/aromatic N) is 4. The number of fused-ring (bicyclic) bond motifs is 1. The number of nitrogens with one attached hydrogen (secondary N) is 1. The maximum absolute atomic E-state index is 13.9. The van der Waals surface area contributed by atoms with E-state index >= 15 is 0 Å². The fourth-order valence-electron chi connectivity index (χ4n) is 4.11. The maximum atomic E-state index is 13.9. The van der Waals surface area contributed by atoms with Crippen LogP contribution in [0.3, 0.4) is 0 Å². The molecule has 0 saturated carbocycles. The Morgan fingerprint density at radius 2 is 1.86 bits per heavy atom. The molecule has 1 saturated heterocycles. The molecule has 5 rings (SSSR count). The molecule has 37 heavy (non-hydrogen) atoms. The number of amides is 1. The molecule has 1 amide bonds. The molecule has 0 radical (unpaired) electrons. The highest BCUT2D eigenvalue weighted by molar-refractivity contribution is 8.19. The summed E-state index contributed by atoms with van der Waals surface area (Å²) in [5.41, 5.74) is 3.98. The van der Waals surface area contributed by atoms with Crippen LogP contribution in [-0.4, -0.2) is 36.7 Å². The summed E-state index contributed by atoms with van der Waals surface area (Å²) in [4.78, 5) is 24.3. The van der Waals surface area contributed by atoms with Crippen LogP contribution in [0.15, 0.2) is 86.6 Å². The molecule has 0 aliphatic carbocycles. The molecule has 186 valence electrons. The number of para-hydroxylation sites is 1. The molecular formula is C28H25N5O2S2. The number of methoxy groups -OCH3 is 1. The Balaban J connectivity index is 1.58. The SMILES string of the molecule is CCNc1ccc(C#N)cc1/N=C1\S/C(=C2\Sc3ccccc3N2C)C(=O)N1Cc1ccc(OC)cc1. The van der Waals surface area contributed by atoms with E-state index in [1.54, 1.807) is 35.9 Å². The molecule has 3 aromatic carbocycles. The van der Waals surface area contributed by atoms with Crippen LogP contribution < -0.4 is 15.0 Å². The first-order valence-electron chi connectivity index (χ1n) is 11.8. The first kappa shape index (κ1) is 24.8. The van der Waals surface area contributed by atoms with E-state index in [1.165, 1.54) is 11.8 Å². The van der Waals surface area contributed by atoms with Crippen LogP contribution >= 0.6 is 23.5 Å². The second-order valence-corrected chi connectivity index (χ2v) is 10.4. The third kappa shape index (κ3) is 4.90. The molecule has 9 heteroatoms. The van der Waals surface area contributed by atoms with Gasteiger partial charge in [-0.25, -0.2) is 4.99 Å². The molecule has 0 atom stereocenters. The van der Waals surface area contributed by atoms with Crippen LogP contribution in [0.25, 0.3) is 0 Å². The van der Waals surface area contributed by atoms with Gasteiger partial charge in [-0.3, -0.25) is 9.69 Å². The van der Waals surface area contributed by atoms with Crippen molar-refractivity contribution in [1.29, 1.82) is 5.26 Å². The first-order valence-corrected chi connectivity index (χ1v) is 13.4. The maximum Gasteiger partial charge on any atom is 0.269 e. The number of anilines is 2. The number of ether oxygens (including phenoxy) is 1. The minimum Gasteiger partial charge on any atom is -0.497 e. The lowest BCUT2D eigenvalue weighted by Gasteiger charge is -2.17. The van der Waals surface area contributed by atoms with Crippen molar-refractivity contribution < 1.29 is 9.53 Å². The van der Waals surface area contributed by atoms with Crippen molar-refractivity contribution in [3.8, 4) is 11.8 Å². The number of carbonyl (C=O) groups is 1. The van der Waals surface area contributed by atoms with Gasteiger partial charge in [-0.2, -0.15) is 5.26 Å². The standard InChI is InChI=1S/C28H25N5O2S2/c1-4-30-21-14-11-19(16-29)15-22(21)31-28-33(17-18-9-12-20(35-3)13-10-18)26(34)25(37-28)27-32(2)23-7-5-6-8-24(23)36-27/h5-15,30H,4,17H2,1-3H3/b27-25-,31-28-. The minimum absolute atomic E-state index is 0.0943. The molecule has 0 spiro atoms. The molecule has 0 bridgehead atoms. The summed E-state index contributed by atoms with van der Waals surface area (Å²) in [7, 11) is 3.61. The number of thioether (sulfide) groups is 2. The second kappa shape index (κ2) is 10.6. The Morgan fingerprint density at radius 1 is 1.08 bits per heavy atom. The number of nitriles is 1. The third-order valence-electron chi connectivity index (χ3n) is 6.01. The number of rotatable bonds is 6. The average Bonchev–Trinajstić information content (AvgIpc) is 3.41. The topological polar surface area (TPSA) is 81.0 Å². The molecule has 2 heterocycles. The molecule has 1 fully saturated rings. The minimum atomic E-state index is -0.0943. The zero-order valence-electron chi connectivity index (χ0n) is 20.7. The van der Waals surface area contributed by atoms with Gasteiger partial charge in [-0.1, -0.05) is 36.0 Å². The van der Waals surface area contributed by atoms with Gasteiger partial charge in [-0.05, 0) is 66.7 Å². The summed E-state index contributed by atoms with van der Waals surface area (Å²) < 4.78 is 5.29. The van der Waals surface area contributed by atoms with E-state index in [9.17, 15) is 10.1 Å². The summed E-state index contributed by atoms with van der Waals surface area (Å²) in [5, 5.41) is 14.2. The largest absolute Gasteiger partial charge is 0.497 e. The van der Waals surface area contributed by atoms with Crippen molar-refractivity contribution in [2.75, 3.05) is 30.9 Å². The molecule has 2 aliphatic rings. The molecule has 0 unspecified atom stereocenters. The highest BCUT2D eigenvalue weighted by atomic mass is 32.2. The lowest BCUT2D eigenvalue weighted by atomic mass is 10.2. The fourth-order valence-corrected chi connectivity index (χ4v) is 6.44. The van der Waals surface area contributed by atoms with E-state index in [0.29, 0.717) is 34.4 Å². The van der Waals surface area contributed by atoms with Gasteiger partial charge in [0.2, 0.25) is 0 Å². The van der Waals surface area contributed by atoms with Gasteiger partial charge in [0, 0.05) is 18.5 Å². The molecular weight excluding hydrogens is 502 g/mol. The van der Waals surface area contributed by atoms with E-state index < -0.39 is 0 Å². The van der Waals surface area contributed by atoms with Crippen LogP contribution in [0.2, 0.25) is 0 Å². The summed E-state index contributed by atoms with van der Waals surface area (Å²) in [5.74, 6) is 0.663. The van der Waals surface area contributed by atoms with E-state index in [4.69, 9.17) is 9.73 Å². The molecule has 1 N–H and O–H groups in total. The second-order valence-electron chi connectivity index (χ2n) is 8.37. The van der Waals surface area contributed by atoms with E-state index in [2.05, 4.69) is 28.4 Å². The predicted molar refractivity (Wildman–Crippen MR) is 151 cm³/mol. The van der Waals surface area contributed by atoms with E-state index in [0.717, 1.165) is 32.6 Å². The van der Waals surface area contributed by atoms with Gasteiger partial charge >= 0.3 is 0 Å². The normalized spacial score (nSPS) is 17.8. The number of amidine groups is 1. The Hall–Kier alpha value is -3.87. The van der Waals surface area contributed by atoms with Crippen LogP contribution in [-0.2, 0) is 11.3 Å². The Morgan fingerprint density at radius 3 is 2.57 bits per heavy atom. The number of hydrogen-bond acceptors (Lipinski definition) is 8. The van der Waals surface area contributed by atoms with Gasteiger partial charge < -0.3 is 15.0 Å². The van der Waals surface area contributed by atoms with Crippen LogP contribution in [0.5, 0.6) is 5.75 Å². The fraction of sp³-hybridized carbons (Fsp3) is 0.179. The smallest absolute Gasteiger partial charge is 0.269 e.